The van der Waals surface area contributed by atoms with Crippen LogP contribution in [0.15, 0.2) is 35.6 Å². The van der Waals surface area contributed by atoms with E-state index in [1.165, 1.54) is 11.9 Å². The molecule has 2 heterocycles. The van der Waals surface area contributed by atoms with Crippen molar-refractivity contribution in [3.05, 3.63) is 41.7 Å². The molecule has 2 aromatic rings. The van der Waals surface area contributed by atoms with E-state index in [9.17, 15) is 9.90 Å². The van der Waals surface area contributed by atoms with E-state index < -0.39 is 11.6 Å². The smallest absolute Gasteiger partial charge is 0.550 e. The van der Waals surface area contributed by atoms with Crippen LogP contribution in [0, 0.1) is 5.92 Å². The number of nitrogen functional groups attached to an aromatic ring is 1. The van der Waals surface area contributed by atoms with Crippen LogP contribution in [-0.2, 0) is 4.79 Å². The summed E-state index contributed by atoms with van der Waals surface area (Å²) in [5, 5.41) is 10.8. The van der Waals surface area contributed by atoms with Gasteiger partial charge in [0.25, 0.3) is 0 Å². The average molecular weight is 416 g/mol. The first-order valence-corrected chi connectivity index (χ1v) is 10.0. The topological polar surface area (TPSA) is 114 Å². The molecule has 0 saturated heterocycles. The van der Waals surface area contributed by atoms with Gasteiger partial charge in [0.05, 0.1) is 5.71 Å². The summed E-state index contributed by atoms with van der Waals surface area (Å²) in [4.78, 5) is 23.7. The molecule has 0 amide bonds. The Bertz CT molecular complexity index is 951. The third-order valence-corrected chi connectivity index (χ3v) is 5.92. The average Bonchev–Trinajstić information content (AvgIpc) is 2.67. The van der Waals surface area contributed by atoms with Gasteiger partial charge in [0.2, 0.25) is 5.88 Å². The molecule has 0 bridgehead atoms. The third-order valence-electron chi connectivity index (χ3n) is 5.92. The summed E-state index contributed by atoms with van der Waals surface area (Å²) >= 11 is 0. The van der Waals surface area contributed by atoms with Crippen molar-refractivity contribution in [3.63, 3.8) is 0 Å². The minimum Gasteiger partial charge on any atom is -0.550 e. The Morgan fingerprint density at radius 2 is 1.83 bits per heavy atom. The van der Waals surface area contributed by atoms with Crippen molar-refractivity contribution >= 4 is 23.2 Å². The van der Waals surface area contributed by atoms with Crippen LogP contribution in [0.4, 0.5) is 11.5 Å². The fourth-order valence-corrected chi connectivity index (χ4v) is 4.35. The molecule has 7 nitrogen and oxygen atoms in total. The molecule has 152 valence electrons. The van der Waals surface area contributed by atoms with Crippen LogP contribution in [0.3, 0.4) is 0 Å². The van der Waals surface area contributed by atoms with Gasteiger partial charge in [0, 0.05) is 11.5 Å². The number of fused-ring (bicyclic) bond motifs is 1. The first kappa shape index (κ1) is 22.7. The number of aliphatic imine (C=N–C) groups is 1. The molecule has 1 aromatic carbocycles. The van der Waals surface area contributed by atoms with E-state index in [0.717, 1.165) is 37.0 Å². The van der Waals surface area contributed by atoms with Crippen molar-refractivity contribution < 1.29 is 44.2 Å². The van der Waals surface area contributed by atoms with Crippen LogP contribution >= 0.6 is 0 Å². The Labute approximate surface area is 198 Å². The number of carbonyl (C=O) groups is 1. The first-order valence-electron chi connectivity index (χ1n) is 10.0. The monoisotopic (exact) mass is 416 g/mol. The fraction of sp³-hybridized carbons (Fsp3) is 0.455. The number of carbonyl (C=O) groups excluding carboxylic acids is 1. The summed E-state index contributed by atoms with van der Waals surface area (Å²) in [7, 11) is 0. The summed E-state index contributed by atoms with van der Waals surface area (Å²) in [5.41, 5.74) is 8.82. The molecule has 1 aliphatic heterocycles. The van der Waals surface area contributed by atoms with Gasteiger partial charge in [0.1, 0.15) is 11.9 Å². The molecule has 0 unspecified atom stereocenters. The summed E-state index contributed by atoms with van der Waals surface area (Å²) in [6.07, 6.45) is 5.44. The quantitative estimate of drug-likeness (QED) is 0.689. The number of nitrogens with zero attached hydrogens (tertiary/aromatic N) is 3. The fourth-order valence-electron chi connectivity index (χ4n) is 4.35. The van der Waals surface area contributed by atoms with E-state index in [-0.39, 0.29) is 41.9 Å². The summed E-state index contributed by atoms with van der Waals surface area (Å²) in [6.45, 7) is 3.92. The van der Waals surface area contributed by atoms with E-state index in [2.05, 4.69) is 34.2 Å². The van der Waals surface area contributed by atoms with Crippen LogP contribution in [0.25, 0.3) is 0 Å². The molecular weight excluding hydrogens is 391 g/mol. The van der Waals surface area contributed by atoms with Gasteiger partial charge in [-0.25, -0.2) is 9.98 Å². The SMILES string of the molecule is CC1(C)Oc2ncnc(N)c2N=C1c1ccc(C2CCC(CC(=O)[O-])CC2)cc1.[Na+]. The Morgan fingerprint density at radius 3 is 2.47 bits per heavy atom. The van der Waals surface area contributed by atoms with Gasteiger partial charge in [-0.3, -0.25) is 0 Å². The molecular formula is C22H25N4NaO3. The molecule has 30 heavy (non-hydrogen) atoms. The van der Waals surface area contributed by atoms with Crippen LogP contribution in [0.2, 0.25) is 0 Å². The van der Waals surface area contributed by atoms with E-state index in [4.69, 9.17) is 15.5 Å². The van der Waals surface area contributed by atoms with E-state index >= 15 is 0 Å². The molecule has 1 saturated carbocycles. The molecule has 1 aliphatic carbocycles. The maximum atomic E-state index is 10.8. The van der Waals surface area contributed by atoms with Crippen LogP contribution in [0.1, 0.15) is 63.0 Å². The van der Waals surface area contributed by atoms with Gasteiger partial charge in [-0.1, -0.05) is 24.3 Å². The largest absolute Gasteiger partial charge is 1.00 e. The zero-order valence-electron chi connectivity index (χ0n) is 17.7. The summed E-state index contributed by atoms with van der Waals surface area (Å²) in [6, 6.07) is 8.41. The Morgan fingerprint density at radius 1 is 1.17 bits per heavy atom. The van der Waals surface area contributed by atoms with Crippen LogP contribution in [-0.4, -0.2) is 27.2 Å². The molecule has 1 aromatic heterocycles. The Kier molecular flexibility index (Phi) is 6.84. The molecule has 1 fully saturated rings. The maximum Gasteiger partial charge on any atom is 1.00 e. The van der Waals surface area contributed by atoms with Crippen LogP contribution < -0.4 is 45.1 Å². The summed E-state index contributed by atoms with van der Waals surface area (Å²) < 4.78 is 6.04. The minimum atomic E-state index is -0.941. The standard InChI is InChI=1S/C22H26N4O3.Na/c1-22(2)19(26-18-20(23)24-12-25-21(18)29-22)16-9-7-15(8-10-16)14-5-3-13(4-6-14)11-17(27)28;/h7-10,12-14H,3-6,11H2,1-2H3,(H,27,28)(H2,23,24,25);/q;+1/p-1. The zero-order valence-corrected chi connectivity index (χ0v) is 19.7. The predicted octanol–water partition coefficient (Wildman–Crippen LogP) is -0.232. The Hall–Kier alpha value is -1.96. The molecule has 2 aliphatic rings. The molecule has 8 heteroatoms. The van der Waals surface area contributed by atoms with Crippen molar-refractivity contribution in [2.75, 3.05) is 5.73 Å². The number of benzene rings is 1. The number of anilines is 1. The van der Waals surface area contributed by atoms with Crippen molar-refractivity contribution in [1.82, 2.24) is 9.97 Å². The molecule has 4 rings (SSSR count). The number of carboxylic acid groups (broad SMARTS) is 1. The number of hydrogen-bond acceptors (Lipinski definition) is 7. The second-order valence-corrected chi connectivity index (χ2v) is 8.40. The second kappa shape index (κ2) is 9.04. The van der Waals surface area contributed by atoms with Gasteiger partial charge >= 0.3 is 29.6 Å². The summed E-state index contributed by atoms with van der Waals surface area (Å²) in [5.74, 6) is 0.467. The molecule has 0 spiro atoms. The van der Waals surface area contributed by atoms with Gasteiger partial charge < -0.3 is 20.4 Å². The van der Waals surface area contributed by atoms with E-state index in [0.29, 0.717) is 23.3 Å². The van der Waals surface area contributed by atoms with Gasteiger partial charge in [-0.2, -0.15) is 4.98 Å². The zero-order chi connectivity index (χ0) is 20.6. The molecule has 0 radical (unpaired) electrons. The van der Waals surface area contributed by atoms with Gasteiger partial charge in [-0.15, -0.1) is 0 Å². The number of aromatic nitrogens is 2. The minimum absolute atomic E-state index is 0. The van der Waals surface area contributed by atoms with Gasteiger partial charge in [0.15, 0.2) is 11.5 Å². The number of ether oxygens (including phenoxy) is 1. The Balaban J connectivity index is 0.00000256. The molecule has 2 N–H and O–H groups in total. The maximum absolute atomic E-state index is 10.8. The number of carboxylic acids is 1. The van der Waals surface area contributed by atoms with Crippen molar-refractivity contribution in [3.8, 4) is 5.88 Å². The van der Waals surface area contributed by atoms with E-state index in [1.807, 2.05) is 13.8 Å². The molecule has 0 atom stereocenters. The first-order chi connectivity index (χ1) is 13.8. The van der Waals surface area contributed by atoms with E-state index in [1.54, 1.807) is 0 Å². The number of aliphatic carboxylic acids is 1. The van der Waals surface area contributed by atoms with Crippen molar-refractivity contribution in [1.29, 1.82) is 0 Å². The van der Waals surface area contributed by atoms with Crippen molar-refractivity contribution in [2.24, 2.45) is 10.9 Å². The second-order valence-electron chi connectivity index (χ2n) is 8.40. The normalized spacial score (nSPS) is 22.1. The van der Waals surface area contributed by atoms with Crippen LogP contribution in [0.5, 0.6) is 5.88 Å². The predicted molar refractivity (Wildman–Crippen MR) is 108 cm³/mol. The number of nitrogens with two attached hydrogens (primary N) is 1. The number of hydrogen-bond donors (Lipinski definition) is 1. The van der Waals surface area contributed by atoms with Crippen molar-refractivity contribution in [2.45, 2.75) is 57.5 Å². The third kappa shape index (κ3) is 4.68. The number of rotatable bonds is 4. The van der Waals surface area contributed by atoms with Gasteiger partial charge in [-0.05, 0) is 63.4 Å².